The van der Waals surface area contributed by atoms with Crippen molar-refractivity contribution in [1.29, 1.82) is 0 Å². The lowest BCUT2D eigenvalue weighted by Crippen LogP contribution is -1.96. The van der Waals surface area contributed by atoms with E-state index in [0.717, 1.165) is 22.4 Å². The molecule has 0 saturated heterocycles. The van der Waals surface area contributed by atoms with Gasteiger partial charge in [-0.05, 0) is 36.1 Å². The number of rotatable bonds is 2. The number of hydrogen-bond acceptors (Lipinski definition) is 2. The second-order valence-electron chi connectivity index (χ2n) is 5.52. The van der Waals surface area contributed by atoms with Crippen LogP contribution in [0.1, 0.15) is 5.56 Å². The highest BCUT2D eigenvalue weighted by atomic mass is 15.0. The predicted molar refractivity (Wildman–Crippen MR) is 93.7 cm³/mol. The van der Waals surface area contributed by atoms with Gasteiger partial charge in [0.05, 0.1) is 5.52 Å². The van der Waals surface area contributed by atoms with Gasteiger partial charge in [-0.15, -0.1) is 0 Å². The molecule has 0 radical (unpaired) electrons. The van der Waals surface area contributed by atoms with Crippen LogP contribution in [0.3, 0.4) is 0 Å². The molecule has 2 nitrogen and oxygen atoms in total. The van der Waals surface area contributed by atoms with Crippen LogP contribution in [0.2, 0.25) is 0 Å². The van der Waals surface area contributed by atoms with E-state index in [9.17, 15) is 0 Å². The molecule has 0 saturated carbocycles. The lowest BCUT2D eigenvalue weighted by molar-refractivity contribution is 1.38. The number of anilines is 2. The minimum atomic E-state index is 0.903. The van der Waals surface area contributed by atoms with Gasteiger partial charge in [0.15, 0.2) is 0 Å². The molecule has 1 heterocycles. The van der Waals surface area contributed by atoms with Gasteiger partial charge in [-0.1, -0.05) is 54.6 Å². The molecule has 22 heavy (non-hydrogen) atoms. The van der Waals surface area contributed by atoms with Gasteiger partial charge in [0.25, 0.3) is 0 Å². The van der Waals surface area contributed by atoms with Gasteiger partial charge in [0, 0.05) is 16.5 Å². The average Bonchev–Trinajstić information content (AvgIpc) is 2.55. The van der Waals surface area contributed by atoms with E-state index in [1.165, 1.54) is 16.3 Å². The Morgan fingerprint density at radius 1 is 0.727 bits per heavy atom. The van der Waals surface area contributed by atoms with E-state index in [1.807, 2.05) is 6.07 Å². The van der Waals surface area contributed by atoms with Gasteiger partial charge < -0.3 is 5.32 Å². The second kappa shape index (κ2) is 5.15. The molecule has 0 unspecified atom stereocenters. The van der Waals surface area contributed by atoms with Crippen LogP contribution in [-0.2, 0) is 0 Å². The molecule has 0 bridgehead atoms. The number of fused-ring (bicyclic) bond motifs is 3. The molecule has 0 amide bonds. The quantitative estimate of drug-likeness (QED) is 0.496. The summed E-state index contributed by atoms with van der Waals surface area (Å²) in [4.78, 5) is 4.82. The minimum absolute atomic E-state index is 0.903. The summed E-state index contributed by atoms with van der Waals surface area (Å²) in [5.74, 6) is 0.903. The monoisotopic (exact) mass is 284 g/mol. The zero-order chi connectivity index (χ0) is 14.9. The van der Waals surface area contributed by atoms with Gasteiger partial charge in [0.1, 0.15) is 5.82 Å². The van der Waals surface area contributed by atoms with Crippen LogP contribution >= 0.6 is 0 Å². The summed E-state index contributed by atoms with van der Waals surface area (Å²) in [5, 5.41) is 7.02. The number of pyridine rings is 1. The fourth-order valence-electron chi connectivity index (χ4n) is 2.86. The SMILES string of the molecule is Cc1cccc(Nc2nc3ccccc3c3ccccc23)c1. The molecular formula is C20H16N2. The first-order valence-electron chi connectivity index (χ1n) is 7.42. The molecule has 0 aliphatic heterocycles. The van der Waals surface area contributed by atoms with E-state index in [2.05, 4.69) is 79.0 Å². The number of nitrogens with zero attached hydrogens (tertiary/aromatic N) is 1. The van der Waals surface area contributed by atoms with Crippen LogP contribution in [-0.4, -0.2) is 4.98 Å². The third-order valence-electron chi connectivity index (χ3n) is 3.89. The fourth-order valence-corrected chi connectivity index (χ4v) is 2.86. The Balaban J connectivity index is 1.95. The Hall–Kier alpha value is -2.87. The van der Waals surface area contributed by atoms with Crippen molar-refractivity contribution in [2.45, 2.75) is 6.92 Å². The first-order chi connectivity index (χ1) is 10.8. The van der Waals surface area contributed by atoms with Crippen LogP contribution in [0.4, 0.5) is 11.5 Å². The van der Waals surface area contributed by atoms with Crippen LogP contribution < -0.4 is 5.32 Å². The molecule has 0 aliphatic carbocycles. The van der Waals surface area contributed by atoms with Crippen molar-refractivity contribution in [1.82, 2.24) is 4.98 Å². The summed E-state index contributed by atoms with van der Waals surface area (Å²) in [6, 6.07) is 25.0. The minimum Gasteiger partial charge on any atom is -0.340 e. The molecule has 0 aliphatic rings. The maximum absolute atomic E-state index is 4.82. The van der Waals surface area contributed by atoms with Crippen molar-refractivity contribution < 1.29 is 0 Å². The van der Waals surface area contributed by atoms with E-state index < -0.39 is 0 Å². The highest BCUT2D eigenvalue weighted by molar-refractivity contribution is 6.10. The Bertz CT molecular complexity index is 973. The number of aromatic nitrogens is 1. The molecule has 1 aromatic heterocycles. The van der Waals surface area contributed by atoms with Crippen molar-refractivity contribution >= 4 is 33.2 Å². The summed E-state index contributed by atoms with van der Waals surface area (Å²) in [6.45, 7) is 2.09. The molecule has 3 aromatic carbocycles. The number of nitrogens with one attached hydrogen (secondary N) is 1. The van der Waals surface area contributed by atoms with Gasteiger partial charge >= 0.3 is 0 Å². The van der Waals surface area contributed by atoms with Gasteiger partial charge in [-0.3, -0.25) is 0 Å². The summed E-state index contributed by atoms with van der Waals surface area (Å²) in [6.07, 6.45) is 0. The van der Waals surface area contributed by atoms with Crippen molar-refractivity contribution in [2.75, 3.05) is 5.32 Å². The largest absolute Gasteiger partial charge is 0.340 e. The van der Waals surface area contributed by atoms with Crippen molar-refractivity contribution in [3.63, 3.8) is 0 Å². The van der Waals surface area contributed by atoms with E-state index in [0.29, 0.717) is 0 Å². The first kappa shape index (κ1) is 12.8. The third kappa shape index (κ3) is 2.19. The van der Waals surface area contributed by atoms with Crippen LogP contribution in [0.25, 0.3) is 21.7 Å². The highest BCUT2D eigenvalue weighted by Gasteiger charge is 2.07. The van der Waals surface area contributed by atoms with Crippen LogP contribution in [0, 0.1) is 6.92 Å². The molecule has 4 rings (SSSR count). The maximum Gasteiger partial charge on any atom is 0.138 e. The van der Waals surface area contributed by atoms with E-state index in [4.69, 9.17) is 4.98 Å². The van der Waals surface area contributed by atoms with E-state index in [-0.39, 0.29) is 0 Å². The predicted octanol–water partition coefficient (Wildman–Crippen LogP) is 5.44. The number of benzene rings is 3. The first-order valence-corrected chi connectivity index (χ1v) is 7.42. The molecule has 2 heteroatoms. The molecule has 4 aromatic rings. The van der Waals surface area contributed by atoms with Crippen LogP contribution in [0.5, 0.6) is 0 Å². The van der Waals surface area contributed by atoms with Crippen molar-refractivity contribution in [2.24, 2.45) is 0 Å². The molecule has 106 valence electrons. The highest BCUT2D eigenvalue weighted by Crippen LogP contribution is 2.30. The summed E-state index contributed by atoms with van der Waals surface area (Å²) in [5.41, 5.74) is 3.30. The smallest absolute Gasteiger partial charge is 0.138 e. The van der Waals surface area contributed by atoms with Gasteiger partial charge in [0.2, 0.25) is 0 Å². The summed E-state index contributed by atoms with van der Waals surface area (Å²) in [7, 11) is 0. The summed E-state index contributed by atoms with van der Waals surface area (Å²) >= 11 is 0. The summed E-state index contributed by atoms with van der Waals surface area (Å²) < 4.78 is 0. The molecule has 0 spiro atoms. The van der Waals surface area contributed by atoms with E-state index in [1.54, 1.807) is 0 Å². The van der Waals surface area contributed by atoms with E-state index >= 15 is 0 Å². The molecule has 0 atom stereocenters. The third-order valence-corrected chi connectivity index (χ3v) is 3.89. The number of hydrogen-bond donors (Lipinski definition) is 1. The van der Waals surface area contributed by atoms with Crippen molar-refractivity contribution in [3.8, 4) is 0 Å². The number of aryl methyl sites for hydroxylation is 1. The fraction of sp³-hybridized carbons (Fsp3) is 0.0500. The maximum atomic E-state index is 4.82. The van der Waals surface area contributed by atoms with Gasteiger partial charge in [-0.2, -0.15) is 0 Å². The Morgan fingerprint density at radius 2 is 1.45 bits per heavy atom. The zero-order valence-electron chi connectivity index (χ0n) is 12.4. The zero-order valence-corrected chi connectivity index (χ0v) is 12.4. The average molecular weight is 284 g/mol. The number of para-hydroxylation sites is 1. The molecular weight excluding hydrogens is 268 g/mol. The lowest BCUT2D eigenvalue weighted by atomic mass is 10.1. The Morgan fingerprint density at radius 3 is 2.27 bits per heavy atom. The lowest BCUT2D eigenvalue weighted by Gasteiger charge is -2.12. The second-order valence-corrected chi connectivity index (χ2v) is 5.52. The Labute approximate surface area is 129 Å². The topological polar surface area (TPSA) is 24.9 Å². The Kier molecular flexibility index (Phi) is 3.01. The van der Waals surface area contributed by atoms with Crippen LogP contribution in [0.15, 0.2) is 72.8 Å². The van der Waals surface area contributed by atoms with Crippen molar-refractivity contribution in [3.05, 3.63) is 78.4 Å². The molecule has 0 fully saturated rings. The normalized spacial score (nSPS) is 11.0. The van der Waals surface area contributed by atoms with Gasteiger partial charge in [-0.25, -0.2) is 4.98 Å². The standard InChI is InChI=1S/C20H16N2/c1-14-7-6-8-15(13-14)21-20-18-11-3-2-9-16(18)17-10-4-5-12-19(17)22-20/h2-13H,1H3,(H,21,22). The molecule has 1 N–H and O–H groups in total.